The van der Waals surface area contributed by atoms with Gasteiger partial charge in [-0.1, -0.05) is 83.9 Å². The molecule has 2 nitrogen and oxygen atoms in total. The van der Waals surface area contributed by atoms with Gasteiger partial charge in [-0.2, -0.15) is 6.07 Å². The van der Waals surface area contributed by atoms with E-state index in [1.165, 1.54) is 71.0 Å². The van der Waals surface area contributed by atoms with Crippen LogP contribution in [0.5, 0.6) is 0 Å². The van der Waals surface area contributed by atoms with Gasteiger partial charge in [0.2, 0.25) is 0 Å². The molecule has 0 N–H and O–H groups in total. The Labute approximate surface area is 307 Å². The van der Waals surface area contributed by atoms with Gasteiger partial charge in [0.05, 0.1) is 0 Å². The molecular weight excluding hydrogens is 674 g/mol. The standard InChI is InChI=1S/C39H39N2P2.C5H5.Fe/c42-25-38(32-18-26-17-27(20-32)21-33(38)19-26)37-35(39(43,30-13-7-15-40-23-30)31-14-8-16-41-24-31)22-34(28-9-3-1-4-10-28)36(37)29-11-5-2-6-12-29;1-2-4-5-3-1;/h1-16,22-24,26-27,32-33H,17-21,25,42-43H2;1-5H;/q-1;-5;. The van der Waals surface area contributed by atoms with Crippen molar-refractivity contribution >= 4 is 18.5 Å². The summed E-state index contributed by atoms with van der Waals surface area (Å²) < 4.78 is 0. The summed E-state index contributed by atoms with van der Waals surface area (Å²) in [5.74, 6) is 3.20. The second kappa shape index (κ2) is 14.6. The van der Waals surface area contributed by atoms with Gasteiger partial charge >= 0.3 is 0 Å². The van der Waals surface area contributed by atoms with Crippen LogP contribution in [0, 0.1) is 23.7 Å². The van der Waals surface area contributed by atoms with Crippen molar-refractivity contribution in [1.82, 2.24) is 9.97 Å². The van der Waals surface area contributed by atoms with E-state index in [-0.39, 0.29) is 22.5 Å². The molecule has 2 atom stereocenters. The van der Waals surface area contributed by atoms with Crippen molar-refractivity contribution < 1.29 is 17.1 Å². The molecule has 0 amide bonds. The van der Waals surface area contributed by atoms with Gasteiger partial charge < -0.3 is 30.3 Å². The second-order valence-corrected chi connectivity index (χ2v) is 15.5. The molecule has 4 aliphatic rings. The van der Waals surface area contributed by atoms with E-state index in [0.717, 1.165) is 18.0 Å². The van der Waals surface area contributed by atoms with Crippen LogP contribution in [0.3, 0.4) is 0 Å². The largest absolute Gasteiger partial charge is 0.748 e. The second-order valence-electron chi connectivity index (χ2n) is 14.3. The third-order valence-corrected chi connectivity index (χ3v) is 13.5. The first kappa shape index (κ1) is 34.3. The number of hydrogen-bond donors (Lipinski definition) is 0. The van der Waals surface area contributed by atoms with Crippen molar-refractivity contribution in [2.75, 3.05) is 6.16 Å². The Morgan fingerprint density at radius 2 is 1.16 bits per heavy atom. The Balaban J connectivity index is 0.000000581. The number of pyridine rings is 2. The minimum Gasteiger partial charge on any atom is -0.748 e. The van der Waals surface area contributed by atoms with Crippen LogP contribution in [0.4, 0.5) is 0 Å². The first-order valence-corrected chi connectivity index (χ1v) is 18.9. The molecule has 0 spiro atoms. The molecule has 254 valence electrons. The maximum absolute atomic E-state index is 4.66. The SMILES string of the molecule is PCC1([c-]2c(C(P)(c3cccnc3)c3cccnc3)cc(-c3ccccc3)c2-c2ccccc2)C2CC3CC(C2)CC1C3.[Fe].[cH-]1[cH-][cH-][cH-][cH-]1. The molecule has 0 aliphatic heterocycles. The molecular formula is C44H44FeN2P2-6. The first-order valence-electron chi connectivity index (χ1n) is 17.5. The van der Waals surface area contributed by atoms with Gasteiger partial charge in [-0.05, 0) is 90.6 Å². The Morgan fingerprint density at radius 3 is 1.61 bits per heavy atom. The molecule has 6 aromatic rings. The van der Waals surface area contributed by atoms with E-state index in [1.54, 1.807) is 5.56 Å². The number of nitrogens with zero attached hydrogens (tertiary/aromatic N) is 2. The van der Waals surface area contributed by atoms with Crippen LogP contribution in [-0.2, 0) is 27.6 Å². The number of aromatic nitrogens is 2. The predicted octanol–water partition coefficient (Wildman–Crippen LogP) is 10.7. The fraction of sp³-hybridized carbons (Fsp3) is 0.273. The number of benzene rings is 2. The zero-order valence-corrected chi connectivity index (χ0v) is 31.2. The third kappa shape index (κ3) is 6.02. The smallest absolute Gasteiger partial charge is 0.0452 e. The first-order chi connectivity index (χ1) is 23.6. The normalized spacial score (nSPS) is 23.7. The summed E-state index contributed by atoms with van der Waals surface area (Å²) in [5, 5.41) is -0.504. The van der Waals surface area contributed by atoms with Gasteiger partial charge in [0.15, 0.2) is 0 Å². The van der Waals surface area contributed by atoms with Crippen molar-refractivity contribution in [2.45, 2.75) is 42.7 Å². The van der Waals surface area contributed by atoms with E-state index in [1.807, 2.05) is 42.7 Å². The monoisotopic (exact) mass is 718 g/mol. The van der Waals surface area contributed by atoms with Crippen LogP contribution in [-0.4, -0.2) is 16.1 Å². The van der Waals surface area contributed by atoms with Crippen LogP contribution < -0.4 is 0 Å². The Kier molecular flexibility index (Phi) is 10.2. The van der Waals surface area contributed by atoms with E-state index in [4.69, 9.17) is 0 Å². The maximum atomic E-state index is 4.66. The van der Waals surface area contributed by atoms with Crippen molar-refractivity contribution in [3.63, 3.8) is 0 Å². The molecule has 4 saturated carbocycles. The Bertz CT molecular complexity index is 1840. The minimum atomic E-state index is -0.504. The molecule has 10 rings (SSSR count). The number of rotatable bonds is 7. The van der Waals surface area contributed by atoms with Crippen LogP contribution in [0.2, 0.25) is 0 Å². The molecule has 2 heterocycles. The van der Waals surface area contributed by atoms with E-state index >= 15 is 0 Å². The molecule has 4 bridgehead atoms. The van der Waals surface area contributed by atoms with Crippen LogP contribution in [0.1, 0.15) is 54.4 Å². The molecule has 4 aliphatic carbocycles. The van der Waals surface area contributed by atoms with Crippen LogP contribution in [0.15, 0.2) is 146 Å². The fourth-order valence-corrected chi connectivity index (χ4v) is 11.4. The molecule has 2 aromatic heterocycles. The zero-order valence-electron chi connectivity index (χ0n) is 27.8. The average molecular weight is 719 g/mol. The average Bonchev–Trinajstić information content (AvgIpc) is 3.87. The Hall–Kier alpha value is -3.18. The number of hydrogen-bond acceptors (Lipinski definition) is 2. The van der Waals surface area contributed by atoms with Gasteiger partial charge in [-0.25, -0.2) is 0 Å². The van der Waals surface area contributed by atoms with Gasteiger partial charge in [-0.3, -0.25) is 9.97 Å². The zero-order chi connectivity index (χ0) is 32.6. The van der Waals surface area contributed by atoms with Gasteiger partial charge in [0, 0.05) is 47.0 Å². The molecule has 49 heavy (non-hydrogen) atoms. The molecule has 0 radical (unpaired) electrons. The summed E-state index contributed by atoms with van der Waals surface area (Å²) in [6.07, 6.45) is 15.9. The summed E-state index contributed by atoms with van der Waals surface area (Å²) in [4.78, 5) is 9.32. The summed E-state index contributed by atoms with van der Waals surface area (Å²) in [5.41, 5.74) is 10.8. The summed E-state index contributed by atoms with van der Waals surface area (Å²) in [6, 6.07) is 43.5. The summed E-state index contributed by atoms with van der Waals surface area (Å²) in [7, 11) is 6.62. The molecule has 4 fully saturated rings. The van der Waals surface area contributed by atoms with E-state index < -0.39 is 5.16 Å². The van der Waals surface area contributed by atoms with Crippen molar-refractivity contribution in [3.8, 4) is 22.3 Å². The van der Waals surface area contributed by atoms with Crippen molar-refractivity contribution in [3.05, 3.63) is 168 Å². The molecule has 5 heteroatoms. The van der Waals surface area contributed by atoms with Crippen LogP contribution in [0.25, 0.3) is 22.3 Å². The van der Waals surface area contributed by atoms with Crippen molar-refractivity contribution in [2.24, 2.45) is 23.7 Å². The topological polar surface area (TPSA) is 25.8 Å². The van der Waals surface area contributed by atoms with Gasteiger partial charge in [0.25, 0.3) is 0 Å². The van der Waals surface area contributed by atoms with E-state index in [0.29, 0.717) is 11.8 Å². The molecule has 0 saturated heterocycles. The molecule has 2 unspecified atom stereocenters. The summed E-state index contributed by atoms with van der Waals surface area (Å²) >= 11 is 0. The molecule has 4 aromatic carbocycles. The third-order valence-electron chi connectivity index (χ3n) is 11.8. The van der Waals surface area contributed by atoms with Gasteiger partial charge in [-0.15, -0.1) is 40.7 Å². The predicted molar refractivity (Wildman–Crippen MR) is 206 cm³/mol. The summed E-state index contributed by atoms with van der Waals surface area (Å²) in [6.45, 7) is 0. The minimum absolute atomic E-state index is 0. The van der Waals surface area contributed by atoms with Crippen molar-refractivity contribution in [1.29, 1.82) is 0 Å². The quantitative estimate of drug-likeness (QED) is 0.0933. The van der Waals surface area contributed by atoms with E-state index in [9.17, 15) is 0 Å². The maximum Gasteiger partial charge on any atom is 0.0452 e. The fourth-order valence-electron chi connectivity index (χ4n) is 9.96. The van der Waals surface area contributed by atoms with E-state index in [2.05, 4.69) is 132 Å². The van der Waals surface area contributed by atoms with Crippen LogP contribution >= 0.6 is 18.5 Å². The Morgan fingerprint density at radius 1 is 0.673 bits per heavy atom. The van der Waals surface area contributed by atoms with Gasteiger partial charge in [0.1, 0.15) is 0 Å².